The Hall–Kier alpha value is -1.85. The predicted octanol–water partition coefficient (Wildman–Crippen LogP) is 21.7. The fraction of sp³-hybridized carbons (Fsp3) is 0.923. The van der Waals surface area contributed by atoms with Gasteiger partial charge in [-0.05, 0) is 44.9 Å². The molecule has 0 amide bonds. The van der Waals surface area contributed by atoms with E-state index in [0.29, 0.717) is 19.3 Å². The summed E-state index contributed by atoms with van der Waals surface area (Å²) in [5.41, 5.74) is 0. The van der Waals surface area contributed by atoms with Gasteiger partial charge in [-0.25, -0.2) is 0 Å². The van der Waals surface area contributed by atoms with E-state index in [1.807, 2.05) is 0 Å². The highest BCUT2D eigenvalue weighted by Gasteiger charge is 2.19. The highest BCUT2D eigenvalue weighted by Crippen LogP contribution is 2.18. The van der Waals surface area contributed by atoms with Crippen molar-refractivity contribution in [2.45, 2.75) is 374 Å². The first kappa shape index (κ1) is 69.2. The van der Waals surface area contributed by atoms with Crippen molar-refractivity contribution in [2.24, 2.45) is 0 Å². The maximum Gasteiger partial charge on any atom is 0.306 e. The van der Waals surface area contributed by atoms with E-state index in [-0.39, 0.29) is 31.1 Å². The van der Waals surface area contributed by atoms with E-state index >= 15 is 0 Å². The van der Waals surface area contributed by atoms with Gasteiger partial charge in [-0.1, -0.05) is 315 Å². The van der Waals surface area contributed by atoms with Crippen LogP contribution in [0.25, 0.3) is 0 Å². The molecule has 6 nitrogen and oxygen atoms in total. The zero-order valence-electron chi connectivity index (χ0n) is 48.3. The van der Waals surface area contributed by atoms with E-state index in [9.17, 15) is 14.4 Å². The van der Waals surface area contributed by atoms with Gasteiger partial charge in [0.1, 0.15) is 13.2 Å². The highest BCUT2D eigenvalue weighted by atomic mass is 16.6. The van der Waals surface area contributed by atoms with E-state index in [1.165, 1.54) is 263 Å². The van der Waals surface area contributed by atoms with E-state index in [4.69, 9.17) is 14.2 Å². The largest absolute Gasteiger partial charge is 0.462 e. The Morgan fingerprint density at radius 3 is 0.704 bits per heavy atom. The molecule has 0 rings (SSSR count). The van der Waals surface area contributed by atoms with Crippen LogP contribution in [0.1, 0.15) is 367 Å². The lowest BCUT2D eigenvalue weighted by atomic mass is 10.0. The molecule has 0 aliphatic heterocycles. The van der Waals surface area contributed by atoms with Crippen LogP contribution in [-0.4, -0.2) is 37.2 Å². The van der Waals surface area contributed by atoms with Crippen molar-refractivity contribution in [2.75, 3.05) is 13.2 Å². The fourth-order valence-corrected chi connectivity index (χ4v) is 9.91. The van der Waals surface area contributed by atoms with Gasteiger partial charge in [0.2, 0.25) is 0 Å². The predicted molar refractivity (Wildman–Crippen MR) is 307 cm³/mol. The van der Waals surface area contributed by atoms with E-state index < -0.39 is 6.10 Å². The Morgan fingerprint density at radius 2 is 0.465 bits per heavy atom. The summed E-state index contributed by atoms with van der Waals surface area (Å²) >= 11 is 0. The summed E-state index contributed by atoms with van der Waals surface area (Å²) in [5, 5.41) is 0. The maximum absolute atomic E-state index is 12.9. The molecule has 0 fully saturated rings. The number of unbranched alkanes of at least 4 members (excludes halogenated alkanes) is 47. The SMILES string of the molecule is CCCCCCC/C=C\CCCCCCCC(=O)OCC(COC(=O)CCCCCCCCCCCCCCCCCCCCCCCCC)OC(=O)CCCCCCCCCCCCCCCCCC. The maximum atomic E-state index is 12.9. The minimum Gasteiger partial charge on any atom is -0.462 e. The van der Waals surface area contributed by atoms with Crippen molar-refractivity contribution in [3.8, 4) is 0 Å². The summed E-state index contributed by atoms with van der Waals surface area (Å²) in [6.45, 7) is 6.70. The van der Waals surface area contributed by atoms with Crippen LogP contribution >= 0.6 is 0 Å². The number of hydrogen-bond donors (Lipinski definition) is 0. The van der Waals surface area contributed by atoms with Gasteiger partial charge in [0.15, 0.2) is 6.10 Å². The summed E-state index contributed by atoms with van der Waals surface area (Å²) < 4.78 is 16.9. The number of hydrogen-bond acceptors (Lipinski definition) is 6. The van der Waals surface area contributed by atoms with Crippen molar-refractivity contribution >= 4 is 17.9 Å². The molecule has 71 heavy (non-hydrogen) atoms. The third-order valence-electron chi connectivity index (χ3n) is 14.8. The van der Waals surface area contributed by atoms with Gasteiger partial charge >= 0.3 is 17.9 Å². The van der Waals surface area contributed by atoms with Crippen LogP contribution in [0, 0.1) is 0 Å². The number of allylic oxidation sites excluding steroid dienone is 2. The van der Waals surface area contributed by atoms with Gasteiger partial charge in [0.25, 0.3) is 0 Å². The third-order valence-corrected chi connectivity index (χ3v) is 14.8. The molecule has 1 unspecified atom stereocenters. The molecule has 0 aliphatic carbocycles. The molecule has 0 aromatic heterocycles. The van der Waals surface area contributed by atoms with Crippen molar-refractivity contribution in [3.05, 3.63) is 12.2 Å². The standard InChI is InChI=1S/C65H124O6/c1-4-7-10-13-16-19-22-25-28-30-31-32-33-34-35-36-38-40-43-46-49-52-55-58-64(67)70-61-62(60-69-63(66)57-54-51-48-45-42-39-27-24-21-18-15-12-9-6-3)71-65(68)59-56-53-50-47-44-41-37-29-26-23-20-17-14-11-8-5-2/h24,27,62H,4-23,25-26,28-61H2,1-3H3/b27-24-. The van der Waals surface area contributed by atoms with Gasteiger partial charge in [-0.3, -0.25) is 14.4 Å². The fourth-order valence-electron chi connectivity index (χ4n) is 9.91. The van der Waals surface area contributed by atoms with Crippen molar-refractivity contribution in [1.82, 2.24) is 0 Å². The van der Waals surface area contributed by atoms with Crippen LogP contribution in [0.4, 0.5) is 0 Å². The molecule has 0 saturated carbocycles. The lowest BCUT2D eigenvalue weighted by molar-refractivity contribution is -0.167. The van der Waals surface area contributed by atoms with Crippen LogP contribution in [0.5, 0.6) is 0 Å². The molecule has 0 saturated heterocycles. The van der Waals surface area contributed by atoms with Gasteiger partial charge in [-0.2, -0.15) is 0 Å². The highest BCUT2D eigenvalue weighted by molar-refractivity contribution is 5.71. The monoisotopic (exact) mass is 1000 g/mol. The molecule has 0 aliphatic rings. The molecule has 0 N–H and O–H groups in total. The zero-order chi connectivity index (χ0) is 51.4. The number of esters is 3. The molecule has 0 aromatic rings. The van der Waals surface area contributed by atoms with Gasteiger partial charge in [-0.15, -0.1) is 0 Å². The number of carbonyl (C=O) groups is 3. The summed E-state index contributed by atoms with van der Waals surface area (Å²) in [5.74, 6) is -0.845. The second-order valence-electron chi connectivity index (χ2n) is 22.0. The van der Waals surface area contributed by atoms with Crippen LogP contribution in [-0.2, 0) is 28.6 Å². The summed E-state index contributed by atoms with van der Waals surface area (Å²) in [6, 6.07) is 0. The molecule has 1 atom stereocenters. The van der Waals surface area contributed by atoms with Crippen LogP contribution < -0.4 is 0 Å². The number of carbonyl (C=O) groups excluding carboxylic acids is 3. The first-order chi connectivity index (χ1) is 35.0. The van der Waals surface area contributed by atoms with Gasteiger partial charge in [0.05, 0.1) is 0 Å². The number of ether oxygens (including phenoxy) is 3. The second-order valence-corrected chi connectivity index (χ2v) is 22.0. The summed E-state index contributed by atoms with van der Waals surface area (Å²) in [6.07, 6.45) is 70.8. The molecule has 0 radical (unpaired) electrons. The molecule has 0 heterocycles. The van der Waals surface area contributed by atoms with Crippen molar-refractivity contribution in [1.29, 1.82) is 0 Å². The van der Waals surface area contributed by atoms with Crippen molar-refractivity contribution in [3.63, 3.8) is 0 Å². The topological polar surface area (TPSA) is 78.9 Å². The minimum atomic E-state index is -0.768. The summed E-state index contributed by atoms with van der Waals surface area (Å²) in [4.78, 5) is 38.3. The summed E-state index contributed by atoms with van der Waals surface area (Å²) in [7, 11) is 0. The third kappa shape index (κ3) is 58.9. The molecular formula is C65H124O6. The number of rotatable bonds is 60. The Morgan fingerprint density at radius 1 is 0.268 bits per heavy atom. The lowest BCUT2D eigenvalue weighted by Crippen LogP contribution is -2.30. The molecule has 6 heteroatoms. The average Bonchev–Trinajstić information content (AvgIpc) is 3.37. The molecule has 420 valence electrons. The quantitative estimate of drug-likeness (QED) is 0.0261. The Labute approximate surface area is 443 Å². The molecule has 0 spiro atoms. The lowest BCUT2D eigenvalue weighted by Gasteiger charge is -2.18. The smallest absolute Gasteiger partial charge is 0.306 e. The second kappa shape index (κ2) is 60.7. The van der Waals surface area contributed by atoms with Gasteiger partial charge in [0, 0.05) is 19.3 Å². The van der Waals surface area contributed by atoms with Crippen LogP contribution in [0.2, 0.25) is 0 Å². The molecule has 0 bridgehead atoms. The van der Waals surface area contributed by atoms with E-state index in [1.54, 1.807) is 0 Å². The van der Waals surface area contributed by atoms with Crippen molar-refractivity contribution < 1.29 is 28.6 Å². The normalized spacial score (nSPS) is 12.0. The Balaban J connectivity index is 4.24. The van der Waals surface area contributed by atoms with Gasteiger partial charge < -0.3 is 14.2 Å². The first-order valence-electron chi connectivity index (χ1n) is 32.2. The van der Waals surface area contributed by atoms with E-state index in [2.05, 4.69) is 32.9 Å². The van der Waals surface area contributed by atoms with Crippen LogP contribution in [0.3, 0.4) is 0 Å². The Kier molecular flexibility index (Phi) is 59.1. The van der Waals surface area contributed by atoms with E-state index in [0.717, 1.165) is 64.2 Å². The molecule has 0 aromatic carbocycles. The van der Waals surface area contributed by atoms with Crippen LogP contribution in [0.15, 0.2) is 12.2 Å². The Bertz CT molecular complexity index is 1100. The minimum absolute atomic E-state index is 0.0660. The first-order valence-corrected chi connectivity index (χ1v) is 32.2. The zero-order valence-corrected chi connectivity index (χ0v) is 48.3. The molecular weight excluding hydrogens is 877 g/mol. The average molecular weight is 1000 g/mol.